The lowest BCUT2D eigenvalue weighted by Crippen LogP contribution is -2.46. The molecule has 0 spiro atoms. The molecule has 5 heteroatoms. The van der Waals surface area contributed by atoms with Crippen LogP contribution in [0.2, 0.25) is 0 Å². The van der Waals surface area contributed by atoms with Crippen molar-refractivity contribution < 1.29 is 9.53 Å². The van der Waals surface area contributed by atoms with Gasteiger partial charge in [-0.05, 0) is 69.8 Å². The van der Waals surface area contributed by atoms with Crippen LogP contribution in [0, 0.1) is 20.8 Å². The second-order valence-electron chi connectivity index (χ2n) is 10.3. The summed E-state index contributed by atoms with van der Waals surface area (Å²) >= 11 is 0. The summed E-state index contributed by atoms with van der Waals surface area (Å²) in [5.74, 6) is 1.12. The van der Waals surface area contributed by atoms with Crippen LogP contribution in [0.1, 0.15) is 79.8 Å². The number of methoxy groups -OCH3 is 1. The second kappa shape index (κ2) is 13.1. The summed E-state index contributed by atoms with van der Waals surface area (Å²) in [5.41, 5.74) is 8.69. The molecule has 1 unspecified atom stereocenters. The average Bonchev–Trinajstić information content (AvgIpc) is 2.99. The molecule has 0 aromatic heterocycles. The van der Waals surface area contributed by atoms with Crippen LogP contribution in [-0.2, 0) is 13.1 Å². The number of nitrogens with zero attached hydrogens (tertiary/aromatic N) is 3. The van der Waals surface area contributed by atoms with E-state index in [-0.39, 0.29) is 11.9 Å². The fraction of sp³-hybridized carbons (Fsp3) is 0.531. The number of rotatable bonds is 4. The predicted octanol–water partition coefficient (Wildman–Crippen LogP) is 7.19. The highest BCUT2D eigenvalue weighted by molar-refractivity contribution is 5.77. The van der Waals surface area contributed by atoms with E-state index in [1.807, 2.05) is 23.6 Å². The number of allylic oxidation sites excluding steroid dienone is 2. The Labute approximate surface area is 225 Å². The highest BCUT2D eigenvalue weighted by Crippen LogP contribution is 2.38. The van der Waals surface area contributed by atoms with E-state index in [1.165, 1.54) is 33.4 Å². The molecule has 2 amide bonds. The van der Waals surface area contributed by atoms with Crippen molar-refractivity contribution in [3.8, 4) is 5.75 Å². The topological polar surface area (TPSA) is 36.0 Å². The van der Waals surface area contributed by atoms with Gasteiger partial charge in [0.1, 0.15) is 5.75 Å². The summed E-state index contributed by atoms with van der Waals surface area (Å²) in [6, 6.07) is 11.3. The van der Waals surface area contributed by atoms with Crippen molar-refractivity contribution in [2.45, 2.75) is 80.3 Å². The van der Waals surface area contributed by atoms with Gasteiger partial charge in [-0.15, -0.1) is 0 Å². The van der Waals surface area contributed by atoms with Gasteiger partial charge in [-0.1, -0.05) is 62.2 Å². The molecule has 0 radical (unpaired) electrons. The Balaban J connectivity index is 0.00000186. The van der Waals surface area contributed by atoms with Crippen molar-refractivity contribution >= 4 is 6.03 Å². The Hall–Kier alpha value is -2.79. The number of hydrogen-bond donors (Lipinski definition) is 0. The van der Waals surface area contributed by atoms with Crippen molar-refractivity contribution in [1.82, 2.24) is 14.7 Å². The zero-order valence-electron chi connectivity index (χ0n) is 24.4. The van der Waals surface area contributed by atoms with E-state index in [0.717, 1.165) is 50.5 Å². The number of hydrogen-bond acceptors (Lipinski definition) is 3. The van der Waals surface area contributed by atoms with Gasteiger partial charge in [0.25, 0.3) is 0 Å². The van der Waals surface area contributed by atoms with Gasteiger partial charge in [0.15, 0.2) is 0 Å². The van der Waals surface area contributed by atoms with E-state index in [2.05, 4.69) is 75.9 Å². The number of fused-ring (bicyclic) bond motifs is 2. The molecule has 0 bridgehead atoms. The standard InChI is InChI=1S/C30H41N3O2.C2H6/c1-7-32-12-11-31(19-25-14-21(2)13-22(3)15-25)10-8-9-27-18-24(5)29-26(20-33(27)30(32)34)16-23(4)17-28(29)35-6;1-2/h13-18,24H,7-12,19-20H2,1-6H3;1-2H3. The summed E-state index contributed by atoms with van der Waals surface area (Å²) in [4.78, 5) is 20.4. The molecule has 0 aliphatic carbocycles. The molecule has 0 saturated carbocycles. The third-order valence-electron chi connectivity index (χ3n) is 7.33. The number of urea groups is 1. The van der Waals surface area contributed by atoms with Gasteiger partial charge < -0.3 is 9.64 Å². The maximum absolute atomic E-state index is 13.9. The van der Waals surface area contributed by atoms with Crippen LogP contribution in [0.15, 0.2) is 42.1 Å². The summed E-state index contributed by atoms with van der Waals surface area (Å²) in [5, 5.41) is 0. The fourth-order valence-corrected chi connectivity index (χ4v) is 5.79. The summed E-state index contributed by atoms with van der Waals surface area (Å²) in [6.07, 6.45) is 4.23. The van der Waals surface area contributed by atoms with Crippen molar-refractivity contribution in [3.05, 3.63) is 75.5 Å². The molecule has 37 heavy (non-hydrogen) atoms. The average molecular weight is 506 g/mol. The Kier molecular flexibility index (Phi) is 10.2. The van der Waals surface area contributed by atoms with Crippen LogP contribution >= 0.6 is 0 Å². The largest absolute Gasteiger partial charge is 0.496 e. The number of aryl methyl sites for hydroxylation is 3. The van der Waals surface area contributed by atoms with Crippen molar-refractivity contribution in [2.75, 3.05) is 33.3 Å². The van der Waals surface area contributed by atoms with Crippen molar-refractivity contribution in [3.63, 3.8) is 0 Å². The van der Waals surface area contributed by atoms with Crippen LogP contribution in [0.5, 0.6) is 5.75 Å². The van der Waals surface area contributed by atoms with Crippen LogP contribution in [0.4, 0.5) is 4.79 Å². The van der Waals surface area contributed by atoms with Gasteiger partial charge in [0.2, 0.25) is 0 Å². The van der Waals surface area contributed by atoms with E-state index < -0.39 is 0 Å². The maximum Gasteiger partial charge on any atom is 0.324 e. The van der Waals surface area contributed by atoms with E-state index in [0.29, 0.717) is 13.1 Å². The fourth-order valence-electron chi connectivity index (χ4n) is 5.79. The third-order valence-corrected chi connectivity index (χ3v) is 7.33. The third kappa shape index (κ3) is 6.95. The van der Waals surface area contributed by atoms with Gasteiger partial charge in [-0.3, -0.25) is 9.80 Å². The number of ether oxygens (including phenoxy) is 1. The lowest BCUT2D eigenvalue weighted by Gasteiger charge is -2.35. The lowest BCUT2D eigenvalue weighted by atomic mass is 9.93. The Morgan fingerprint density at radius 3 is 2.27 bits per heavy atom. The molecule has 1 saturated heterocycles. The number of carbonyl (C=O) groups excluding carboxylic acids is 1. The number of carbonyl (C=O) groups is 1. The molecular formula is C32H47N3O2. The molecule has 2 heterocycles. The first-order valence-corrected chi connectivity index (χ1v) is 14.0. The minimum absolute atomic E-state index is 0.118. The zero-order chi connectivity index (χ0) is 27.1. The quantitative estimate of drug-likeness (QED) is 0.441. The molecule has 4 rings (SSSR count). The van der Waals surface area contributed by atoms with E-state index in [9.17, 15) is 4.79 Å². The molecule has 1 atom stereocenters. The summed E-state index contributed by atoms with van der Waals surface area (Å²) in [6.45, 7) is 19.6. The van der Waals surface area contributed by atoms with Crippen LogP contribution in [0.3, 0.4) is 0 Å². The first kappa shape index (κ1) is 28.8. The minimum Gasteiger partial charge on any atom is -0.496 e. The van der Waals surface area contributed by atoms with Crippen LogP contribution in [0.25, 0.3) is 0 Å². The predicted molar refractivity (Wildman–Crippen MR) is 154 cm³/mol. The molecule has 0 N–H and O–H groups in total. The van der Waals surface area contributed by atoms with Gasteiger partial charge in [-0.25, -0.2) is 4.79 Å². The molecule has 2 aromatic rings. The SMILES string of the molecule is CC.CCN1CCN(Cc2cc(C)cc(C)c2)CCCC2=CC(C)c3c(cc(C)cc3OC)CN2C1=O. The van der Waals surface area contributed by atoms with Gasteiger partial charge >= 0.3 is 6.03 Å². The molecule has 2 aromatic carbocycles. The summed E-state index contributed by atoms with van der Waals surface area (Å²) < 4.78 is 5.77. The van der Waals surface area contributed by atoms with Crippen LogP contribution in [-0.4, -0.2) is 54.0 Å². The normalized spacial score (nSPS) is 18.6. The Morgan fingerprint density at radius 1 is 0.946 bits per heavy atom. The van der Waals surface area contributed by atoms with Gasteiger partial charge in [-0.2, -0.15) is 0 Å². The minimum atomic E-state index is 0.118. The lowest BCUT2D eigenvalue weighted by molar-refractivity contribution is 0.146. The first-order chi connectivity index (χ1) is 17.8. The van der Waals surface area contributed by atoms with Gasteiger partial charge in [0, 0.05) is 43.4 Å². The van der Waals surface area contributed by atoms with E-state index in [1.54, 1.807) is 7.11 Å². The molecule has 2 aliphatic rings. The van der Waals surface area contributed by atoms with E-state index >= 15 is 0 Å². The molecule has 202 valence electrons. The van der Waals surface area contributed by atoms with Crippen LogP contribution < -0.4 is 4.74 Å². The molecular weight excluding hydrogens is 458 g/mol. The second-order valence-corrected chi connectivity index (χ2v) is 10.3. The number of amides is 2. The number of benzene rings is 2. The number of likely N-dealkylation sites (N-methyl/N-ethyl adjacent to an activating group) is 1. The van der Waals surface area contributed by atoms with Gasteiger partial charge in [0.05, 0.1) is 13.7 Å². The van der Waals surface area contributed by atoms with Crippen molar-refractivity contribution in [2.24, 2.45) is 0 Å². The first-order valence-electron chi connectivity index (χ1n) is 14.0. The Morgan fingerprint density at radius 2 is 1.62 bits per heavy atom. The highest BCUT2D eigenvalue weighted by atomic mass is 16.5. The monoisotopic (exact) mass is 505 g/mol. The molecule has 1 fully saturated rings. The van der Waals surface area contributed by atoms with E-state index in [4.69, 9.17) is 4.74 Å². The highest BCUT2D eigenvalue weighted by Gasteiger charge is 2.30. The zero-order valence-corrected chi connectivity index (χ0v) is 24.4. The summed E-state index contributed by atoms with van der Waals surface area (Å²) in [7, 11) is 1.74. The maximum atomic E-state index is 13.9. The molecule has 5 nitrogen and oxygen atoms in total. The molecule has 2 aliphatic heterocycles. The Bertz CT molecular complexity index is 1090. The van der Waals surface area contributed by atoms with Crippen molar-refractivity contribution in [1.29, 1.82) is 0 Å². The smallest absolute Gasteiger partial charge is 0.324 e.